The van der Waals surface area contributed by atoms with Gasteiger partial charge in [-0.25, -0.2) is 23.4 Å². The number of benzene rings is 1. The van der Waals surface area contributed by atoms with Gasteiger partial charge in [0, 0.05) is 31.7 Å². The minimum atomic E-state index is -0.700. The van der Waals surface area contributed by atoms with Gasteiger partial charge in [0.1, 0.15) is 35.1 Å². The van der Waals surface area contributed by atoms with Gasteiger partial charge in [-0.3, -0.25) is 0 Å². The molecule has 0 spiro atoms. The summed E-state index contributed by atoms with van der Waals surface area (Å²) < 4.78 is 40.7. The molecule has 6 rings (SSSR count). The first-order valence-corrected chi connectivity index (χ1v) is 11.9. The van der Waals surface area contributed by atoms with Crippen LogP contribution in [-0.2, 0) is 11.2 Å². The summed E-state index contributed by atoms with van der Waals surface area (Å²) >= 11 is 1.51. The Hall–Kier alpha value is -3.37. The summed E-state index contributed by atoms with van der Waals surface area (Å²) in [5, 5.41) is 7.71. The first kappa shape index (κ1) is 21.2. The Morgan fingerprint density at radius 3 is 2.79 bits per heavy atom. The topological polar surface area (TPSA) is 74.1 Å². The van der Waals surface area contributed by atoms with Gasteiger partial charge < -0.3 is 14.8 Å². The van der Waals surface area contributed by atoms with Crippen molar-refractivity contribution in [3.63, 3.8) is 0 Å². The van der Waals surface area contributed by atoms with Crippen LogP contribution in [0.25, 0.3) is 27.0 Å². The van der Waals surface area contributed by atoms with Crippen molar-refractivity contribution in [1.82, 2.24) is 19.7 Å². The highest BCUT2D eigenvalue weighted by atomic mass is 32.1. The number of nitrogens with zero attached hydrogens (tertiary/aromatic N) is 4. The Kier molecular flexibility index (Phi) is 5.46. The number of hydrogen-bond acceptors (Lipinski definition) is 7. The van der Waals surface area contributed by atoms with Crippen molar-refractivity contribution in [3.05, 3.63) is 59.9 Å². The predicted octanol–water partition coefficient (Wildman–Crippen LogP) is 4.86. The quantitative estimate of drug-likeness (QED) is 0.449. The molecule has 1 aromatic carbocycles. The highest BCUT2D eigenvalue weighted by Crippen LogP contribution is 2.43. The number of halogens is 2. The van der Waals surface area contributed by atoms with Crippen molar-refractivity contribution < 1.29 is 18.3 Å². The van der Waals surface area contributed by atoms with Crippen LogP contribution in [0, 0.1) is 11.6 Å². The zero-order valence-electron chi connectivity index (χ0n) is 18.1. The number of pyridine rings is 1. The molecule has 3 aromatic heterocycles. The molecule has 0 saturated carbocycles. The van der Waals surface area contributed by atoms with Crippen molar-refractivity contribution in [3.8, 4) is 32.7 Å². The smallest absolute Gasteiger partial charge is 0.173 e. The van der Waals surface area contributed by atoms with E-state index >= 15 is 0 Å². The number of aromatic nitrogens is 4. The molecule has 34 heavy (non-hydrogen) atoms. The van der Waals surface area contributed by atoms with Crippen LogP contribution in [-0.4, -0.2) is 45.6 Å². The van der Waals surface area contributed by atoms with E-state index in [1.807, 2.05) is 18.2 Å². The second-order valence-electron chi connectivity index (χ2n) is 8.23. The molecule has 1 saturated heterocycles. The summed E-state index contributed by atoms with van der Waals surface area (Å²) in [7, 11) is 0. The van der Waals surface area contributed by atoms with Crippen molar-refractivity contribution >= 4 is 17.2 Å². The second-order valence-corrected chi connectivity index (χ2v) is 9.28. The standard InChI is InChI=1S/C24H21F2N5O2S/c25-15-1-2-18(17(26)12-15)31-24(27-13-28-31)20-11-14-5-10-33-19-3-4-21(30-22(19)23(14)34-20)29-16-6-8-32-9-7-16/h1-4,11-13,16H,5-10H2,(H,29,30). The summed E-state index contributed by atoms with van der Waals surface area (Å²) in [6, 6.07) is 9.67. The number of rotatable bonds is 4. The zero-order valence-corrected chi connectivity index (χ0v) is 18.9. The van der Waals surface area contributed by atoms with Crippen LogP contribution in [0.4, 0.5) is 14.6 Å². The van der Waals surface area contributed by atoms with Gasteiger partial charge in [-0.1, -0.05) is 0 Å². The maximum atomic E-state index is 14.5. The monoisotopic (exact) mass is 481 g/mol. The van der Waals surface area contributed by atoms with Gasteiger partial charge in [0.15, 0.2) is 11.6 Å². The summed E-state index contributed by atoms with van der Waals surface area (Å²) in [4.78, 5) is 11.1. The van der Waals surface area contributed by atoms with Crippen molar-refractivity contribution in [2.75, 3.05) is 25.1 Å². The van der Waals surface area contributed by atoms with Crippen LogP contribution in [0.5, 0.6) is 5.75 Å². The zero-order chi connectivity index (χ0) is 23.1. The summed E-state index contributed by atoms with van der Waals surface area (Å²) in [6.45, 7) is 2.03. The molecule has 1 fully saturated rings. The summed E-state index contributed by atoms with van der Waals surface area (Å²) in [5.74, 6) is 0.680. The summed E-state index contributed by atoms with van der Waals surface area (Å²) in [6.07, 6.45) is 3.97. The average Bonchev–Trinajstić information content (AvgIpc) is 3.44. The molecule has 0 radical (unpaired) electrons. The normalized spacial score (nSPS) is 15.8. The van der Waals surface area contributed by atoms with Crippen LogP contribution < -0.4 is 10.1 Å². The minimum absolute atomic E-state index is 0.141. The van der Waals surface area contributed by atoms with Crippen molar-refractivity contribution in [2.24, 2.45) is 0 Å². The van der Waals surface area contributed by atoms with E-state index in [0.29, 0.717) is 24.9 Å². The molecule has 5 heterocycles. The van der Waals surface area contributed by atoms with E-state index in [-0.39, 0.29) is 5.69 Å². The van der Waals surface area contributed by atoms with Gasteiger partial charge >= 0.3 is 0 Å². The van der Waals surface area contributed by atoms with E-state index in [1.54, 1.807) is 0 Å². The molecular formula is C24H21F2N5O2S. The van der Waals surface area contributed by atoms with Gasteiger partial charge in [0.05, 0.1) is 16.4 Å². The Morgan fingerprint density at radius 1 is 1.06 bits per heavy atom. The SMILES string of the molecule is Fc1ccc(-n2ncnc2-c2cc3c(s2)-c2nc(NC4CCOCC4)ccc2OCC3)c(F)c1. The summed E-state index contributed by atoms with van der Waals surface area (Å²) in [5.41, 5.74) is 2.01. The van der Waals surface area contributed by atoms with Gasteiger partial charge in [-0.2, -0.15) is 5.10 Å². The molecule has 2 aliphatic rings. The van der Waals surface area contributed by atoms with Crippen molar-refractivity contribution in [1.29, 1.82) is 0 Å². The average molecular weight is 482 g/mol. The molecule has 4 aromatic rings. The lowest BCUT2D eigenvalue weighted by molar-refractivity contribution is 0.0904. The Balaban J connectivity index is 1.38. The van der Waals surface area contributed by atoms with E-state index in [1.165, 1.54) is 34.5 Å². The van der Waals surface area contributed by atoms with Crippen LogP contribution in [0.1, 0.15) is 18.4 Å². The number of ether oxygens (including phenoxy) is 2. The fraction of sp³-hybridized carbons (Fsp3) is 0.292. The first-order valence-electron chi connectivity index (χ1n) is 11.1. The Morgan fingerprint density at radius 2 is 1.94 bits per heavy atom. The fourth-order valence-corrected chi connectivity index (χ4v) is 5.48. The maximum absolute atomic E-state index is 14.5. The van der Waals surface area contributed by atoms with E-state index in [4.69, 9.17) is 14.5 Å². The molecule has 174 valence electrons. The lowest BCUT2D eigenvalue weighted by atomic mass is 10.1. The molecule has 10 heteroatoms. The molecule has 2 aliphatic heterocycles. The third kappa shape index (κ3) is 3.92. The minimum Gasteiger partial charge on any atom is -0.491 e. The highest BCUT2D eigenvalue weighted by molar-refractivity contribution is 7.19. The lowest BCUT2D eigenvalue weighted by Gasteiger charge is -2.24. The van der Waals surface area contributed by atoms with Crippen molar-refractivity contribution in [2.45, 2.75) is 25.3 Å². The lowest BCUT2D eigenvalue weighted by Crippen LogP contribution is -2.28. The first-order chi connectivity index (χ1) is 16.7. The van der Waals surface area contributed by atoms with Crippen LogP contribution in [0.15, 0.2) is 42.7 Å². The number of nitrogens with one attached hydrogen (secondary N) is 1. The third-order valence-corrected chi connectivity index (χ3v) is 7.17. The van der Waals surface area contributed by atoms with Gasteiger partial charge in [-0.15, -0.1) is 11.3 Å². The largest absolute Gasteiger partial charge is 0.491 e. The fourth-order valence-electron chi connectivity index (χ4n) is 4.29. The van der Waals surface area contributed by atoms with Gasteiger partial charge in [0.2, 0.25) is 0 Å². The van der Waals surface area contributed by atoms with Crippen LogP contribution >= 0.6 is 11.3 Å². The Bertz CT molecular complexity index is 1350. The number of anilines is 1. The highest BCUT2D eigenvalue weighted by Gasteiger charge is 2.24. The van der Waals surface area contributed by atoms with E-state index in [9.17, 15) is 8.78 Å². The third-order valence-electron chi connectivity index (χ3n) is 5.99. The molecule has 0 atom stereocenters. The van der Waals surface area contributed by atoms with E-state index < -0.39 is 11.6 Å². The maximum Gasteiger partial charge on any atom is 0.173 e. The van der Waals surface area contributed by atoms with Crippen LogP contribution in [0.3, 0.4) is 0 Å². The molecule has 0 unspecified atom stereocenters. The molecular weight excluding hydrogens is 460 g/mol. The number of thiophene rings is 1. The number of fused-ring (bicyclic) bond motifs is 3. The van der Waals surface area contributed by atoms with Gasteiger partial charge in [0.25, 0.3) is 0 Å². The second kappa shape index (κ2) is 8.77. The molecule has 0 bridgehead atoms. The molecule has 0 aliphatic carbocycles. The van der Waals surface area contributed by atoms with Gasteiger partial charge in [-0.05, 0) is 48.7 Å². The number of hydrogen-bond donors (Lipinski definition) is 1. The van der Waals surface area contributed by atoms with Crippen LogP contribution in [0.2, 0.25) is 0 Å². The molecule has 7 nitrogen and oxygen atoms in total. The molecule has 1 N–H and O–H groups in total. The Labute approximate surface area is 198 Å². The molecule has 0 amide bonds. The van der Waals surface area contributed by atoms with E-state index in [0.717, 1.165) is 64.7 Å². The van der Waals surface area contributed by atoms with E-state index in [2.05, 4.69) is 15.4 Å². The predicted molar refractivity (Wildman–Crippen MR) is 124 cm³/mol.